The number of phenols is 1. The molecule has 0 aliphatic heterocycles. The zero-order chi connectivity index (χ0) is 16.6. The quantitative estimate of drug-likeness (QED) is 0.188. The summed E-state index contributed by atoms with van der Waals surface area (Å²) >= 11 is 3.76. The number of benzene rings is 2. The van der Waals surface area contributed by atoms with Crippen molar-refractivity contribution in [2.75, 3.05) is 0 Å². The third-order valence-corrected chi connectivity index (χ3v) is 4.02. The predicted molar refractivity (Wildman–Crippen MR) is 87.0 cm³/mol. The fourth-order valence-corrected chi connectivity index (χ4v) is 3.41. The third kappa shape index (κ3) is 3.19. The van der Waals surface area contributed by atoms with E-state index in [0.717, 1.165) is 6.21 Å². The molecule has 0 aliphatic rings. The van der Waals surface area contributed by atoms with Gasteiger partial charge >= 0.3 is 0 Å². The summed E-state index contributed by atoms with van der Waals surface area (Å²) in [4.78, 5) is 3.29. The molecule has 0 unspecified atom stereocenters. The van der Waals surface area contributed by atoms with E-state index in [0.29, 0.717) is 7.14 Å². The first-order chi connectivity index (χ1) is 10.2. The molecule has 9 heteroatoms. The van der Waals surface area contributed by atoms with Gasteiger partial charge in [0.15, 0.2) is 23.3 Å². The molecule has 0 aromatic heterocycles. The molecule has 22 heavy (non-hydrogen) atoms. The molecule has 116 valence electrons. The predicted octanol–water partition coefficient (Wildman–Crippen LogP) is 5.05. The minimum atomic E-state index is -2.25. The van der Waals surface area contributed by atoms with Crippen molar-refractivity contribution in [2.24, 2.45) is 4.99 Å². The fourth-order valence-electron chi connectivity index (χ4n) is 1.53. The van der Waals surface area contributed by atoms with Gasteiger partial charge in [0.1, 0.15) is 11.4 Å². The van der Waals surface area contributed by atoms with Gasteiger partial charge < -0.3 is 5.11 Å². The van der Waals surface area contributed by atoms with E-state index in [1.54, 1.807) is 6.07 Å². The van der Waals surface area contributed by atoms with Crippen LogP contribution in [0.3, 0.4) is 0 Å². The van der Waals surface area contributed by atoms with E-state index in [9.17, 15) is 27.1 Å². The molecule has 2 aromatic rings. The van der Waals surface area contributed by atoms with E-state index in [1.807, 2.05) is 45.2 Å². The zero-order valence-corrected chi connectivity index (χ0v) is 14.6. The van der Waals surface area contributed by atoms with Crippen LogP contribution < -0.4 is 0 Å². The first kappa shape index (κ1) is 17.4. The lowest BCUT2D eigenvalue weighted by molar-refractivity contribution is 0.381. The summed E-state index contributed by atoms with van der Waals surface area (Å²) in [5.41, 5.74) is -1.23. The first-order valence-electron chi connectivity index (χ1n) is 5.47. The maximum atomic E-state index is 13.5. The molecule has 2 aromatic carbocycles. The molecule has 0 bridgehead atoms. The summed E-state index contributed by atoms with van der Waals surface area (Å²) < 4.78 is 67.1. The highest BCUT2D eigenvalue weighted by Crippen LogP contribution is 2.30. The molecule has 0 aliphatic carbocycles. The minimum Gasteiger partial charge on any atom is -0.506 e. The van der Waals surface area contributed by atoms with Crippen LogP contribution in [0.5, 0.6) is 5.75 Å². The van der Waals surface area contributed by atoms with E-state index in [4.69, 9.17) is 0 Å². The highest BCUT2D eigenvalue weighted by atomic mass is 127. The van der Waals surface area contributed by atoms with Crippen molar-refractivity contribution in [3.8, 4) is 5.75 Å². The molecule has 0 spiro atoms. The molecular weight excluding hydrogens is 535 g/mol. The summed E-state index contributed by atoms with van der Waals surface area (Å²) in [6.45, 7) is 0. The molecule has 1 N–H and O–H groups in total. The Labute approximate surface area is 148 Å². The number of halogens is 7. The molecule has 0 radical (unpaired) electrons. The summed E-state index contributed by atoms with van der Waals surface area (Å²) in [5.74, 6) is -10.7. The second kappa shape index (κ2) is 6.64. The van der Waals surface area contributed by atoms with Gasteiger partial charge in [0.05, 0.1) is 3.57 Å². The Hall–Kier alpha value is -0.980. The second-order valence-electron chi connectivity index (χ2n) is 4.00. The van der Waals surface area contributed by atoms with Crippen LogP contribution in [-0.2, 0) is 0 Å². The van der Waals surface area contributed by atoms with Gasteiger partial charge in [0.25, 0.3) is 0 Å². The molecular formula is C13H4F5I2NO. The van der Waals surface area contributed by atoms with Crippen molar-refractivity contribution in [1.29, 1.82) is 0 Å². The molecule has 0 atom stereocenters. The number of phenolic OH excluding ortho intramolecular Hbond substituents is 1. The normalized spacial score (nSPS) is 11.4. The fraction of sp³-hybridized carbons (Fsp3) is 0. The van der Waals surface area contributed by atoms with Crippen molar-refractivity contribution in [1.82, 2.24) is 0 Å². The van der Waals surface area contributed by atoms with E-state index < -0.39 is 34.8 Å². The standard InChI is InChI=1S/C13H4F5I2NO/c14-7-8(15)10(17)12(11(18)9(7)16)21-3-4-1-5(19)2-6(20)13(4)22/h1-3,22H. The number of aliphatic imine (C=N–C) groups is 1. The number of rotatable bonds is 2. The highest BCUT2D eigenvalue weighted by Gasteiger charge is 2.25. The lowest BCUT2D eigenvalue weighted by Gasteiger charge is -2.05. The Morgan fingerprint density at radius 2 is 1.36 bits per heavy atom. The zero-order valence-electron chi connectivity index (χ0n) is 10.3. The van der Waals surface area contributed by atoms with Crippen LogP contribution in [0.4, 0.5) is 27.6 Å². The molecule has 2 rings (SSSR count). The Morgan fingerprint density at radius 1 is 0.864 bits per heavy atom. The average molecular weight is 539 g/mol. The first-order valence-corrected chi connectivity index (χ1v) is 7.63. The van der Waals surface area contributed by atoms with Crippen molar-refractivity contribution in [3.63, 3.8) is 0 Å². The number of hydrogen-bond acceptors (Lipinski definition) is 2. The van der Waals surface area contributed by atoms with Gasteiger partial charge in [-0.05, 0) is 57.3 Å². The third-order valence-electron chi connectivity index (χ3n) is 2.58. The van der Waals surface area contributed by atoms with Gasteiger partial charge in [0.2, 0.25) is 5.82 Å². The molecule has 0 heterocycles. The molecule has 2 nitrogen and oxygen atoms in total. The number of hydrogen-bond donors (Lipinski definition) is 1. The largest absolute Gasteiger partial charge is 0.506 e. The minimum absolute atomic E-state index is 0.0836. The van der Waals surface area contributed by atoms with Crippen LogP contribution in [0.25, 0.3) is 0 Å². The van der Waals surface area contributed by atoms with Gasteiger partial charge in [0, 0.05) is 15.3 Å². The summed E-state index contributed by atoms with van der Waals surface area (Å²) in [6, 6.07) is 3.07. The highest BCUT2D eigenvalue weighted by molar-refractivity contribution is 14.1. The Kier molecular flexibility index (Phi) is 5.25. The Bertz CT molecular complexity index is 766. The van der Waals surface area contributed by atoms with Gasteiger partial charge in [-0.3, -0.25) is 0 Å². The van der Waals surface area contributed by atoms with E-state index >= 15 is 0 Å². The van der Waals surface area contributed by atoms with Gasteiger partial charge in [-0.15, -0.1) is 0 Å². The van der Waals surface area contributed by atoms with Crippen molar-refractivity contribution in [3.05, 3.63) is 53.9 Å². The van der Waals surface area contributed by atoms with Gasteiger partial charge in [-0.25, -0.2) is 26.9 Å². The molecule has 0 fully saturated rings. The Balaban J connectivity index is 2.57. The van der Waals surface area contributed by atoms with Crippen LogP contribution in [-0.4, -0.2) is 11.3 Å². The van der Waals surface area contributed by atoms with E-state index in [1.165, 1.54) is 6.07 Å². The van der Waals surface area contributed by atoms with Crippen molar-refractivity contribution in [2.45, 2.75) is 0 Å². The van der Waals surface area contributed by atoms with E-state index in [-0.39, 0.29) is 11.3 Å². The van der Waals surface area contributed by atoms with Crippen LogP contribution >= 0.6 is 45.2 Å². The maximum absolute atomic E-state index is 13.5. The number of aromatic hydroxyl groups is 1. The molecule has 0 saturated carbocycles. The SMILES string of the molecule is Oc1c(I)cc(I)cc1C=Nc1c(F)c(F)c(F)c(F)c1F. The summed E-state index contributed by atoms with van der Waals surface area (Å²) in [5, 5.41) is 9.79. The average Bonchev–Trinajstić information content (AvgIpc) is 2.47. The maximum Gasteiger partial charge on any atom is 0.200 e. The second-order valence-corrected chi connectivity index (χ2v) is 6.41. The van der Waals surface area contributed by atoms with Crippen LogP contribution in [0.1, 0.15) is 5.56 Å². The van der Waals surface area contributed by atoms with Crippen molar-refractivity contribution >= 4 is 57.1 Å². The lowest BCUT2D eigenvalue weighted by Crippen LogP contribution is -2.01. The summed E-state index contributed by atoms with van der Waals surface area (Å²) in [7, 11) is 0. The van der Waals surface area contributed by atoms with Gasteiger partial charge in [-0.2, -0.15) is 0 Å². The topological polar surface area (TPSA) is 32.6 Å². The van der Waals surface area contributed by atoms with Crippen LogP contribution in [0.2, 0.25) is 0 Å². The summed E-state index contributed by atoms with van der Waals surface area (Å²) in [6.07, 6.45) is 0.831. The van der Waals surface area contributed by atoms with E-state index in [2.05, 4.69) is 4.99 Å². The lowest BCUT2D eigenvalue weighted by atomic mass is 10.2. The van der Waals surface area contributed by atoms with Crippen LogP contribution in [0, 0.1) is 36.2 Å². The Morgan fingerprint density at radius 3 is 1.91 bits per heavy atom. The molecule has 0 amide bonds. The van der Waals surface area contributed by atoms with Crippen LogP contribution in [0.15, 0.2) is 17.1 Å². The smallest absolute Gasteiger partial charge is 0.200 e. The number of nitrogens with zero attached hydrogens (tertiary/aromatic N) is 1. The molecule has 0 saturated heterocycles. The monoisotopic (exact) mass is 539 g/mol. The van der Waals surface area contributed by atoms with Crippen molar-refractivity contribution < 1.29 is 27.1 Å². The van der Waals surface area contributed by atoms with Gasteiger partial charge in [-0.1, -0.05) is 0 Å².